The Morgan fingerprint density at radius 1 is 1.00 bits per heavy atom. The predicted molar refractivity (Wildman–Crippen MR) is 84.6 cm³/mol. The molecule has 0 amide bonds. The molecule has 2 nitrogen and oxygen atoms in total. The van der Waals surface area contributed by atoms with Gasteiger partial charge in [0.15, 0.2) is 0 Å². The van der Waals surface area contributed by atoms with Crippen molar-refractivity contribution in [2.24, 2.45) is 0 Å². The van der Waals surface area contributed by atoms with E-state index in [1.807, 2.05) is 24.3 Å². The molecule has 0 aliphatic carbocycles. The third-order valence-electron chi connectivity index (χ3n) is 2.89. The van der Waals surface area contributed by atoms with E-state index in [1.165, 1.54) is 0 Å². The number of rotatable bonds is 4. The summed E-state index contributed by atoms with van der Waals surface area (Å²) >= 11 is 6.43. The van der Waals surface area contributed by atoms with E-state index in [1.54, 1.807) is 0 Å². The van der Waals surface area contributed by atoms with Crippen LogP contribution in [0.2, 0.25) is 0 Å². The van der Waals surface area contributed by atoms with Crippen molar-refractivity contribution >= 4 is 51.9 Å². The monoisotopic (exact) mass is 424 g/mol. The molecule has 0 saturated heterocycles. The number of halogens is 2. The summed E-state index contributed by atoms with van der Waals surface area (Å²) in [7, 11) is 0. The van der Waals surface area contributed by atoms with E-state index in [0.717, 1.165) is 16.3 Å². The first-order valence-corrected chi connectivity index (χ1v) is 7.12. The van der Waals surface area contributed by atoms with Crippen molar-refractivity contribution < 1.29 is 16.5 Å². The van der Waals surface area contributed by atoms with Crippen molar-refractivity contribution in [1.29, 1.82) is 10.8 Å². The summed E-state index contributed by atoms with van der Waals surface area (Å²) in [6, 6.07) is 14.2. The normalized spacial score (nSPS) is 11.7. The minimum Gasteiger partial charge on any atom is -0.298 e. The van der Waals surface area contributed by atoms with Gasteiger partial charge in [0.05, 0.1) is 9.24 Å². The van der Waals surface area contributed by atoms with Gasteiger partial charge in [0.2, 0.25) is 0 Å². The molecule has 0 heterocycles. The molecule has 1 unspecified atom stereocenters. The number of benzene rings is 2. The Morgan fingerprint density at radius 3 is 2.26 bits per heavy atom. The zero-order valence-corrected chi connectivity index (χ0v) is 14.1. The van der Waals surface area contributed by atoms with Crippen LogP contribution in [0.4, 0.5) is 0 Å². The van der Waals surface area contributed by atoms with Crippen LogP contribution in [0.5, 0.6) is 0 Å². The van der Waals surface area contributed by atoms with Crippen LogP contribution < -0.4 is 0 Å². The van der Waals surface area contributed by atoms with Gasteiger partial charge in [0, 0.05) is 28.8 Å². The first-order chi connectivity index (χ1) is 8.59. The van der Waals surface area contributed by atoms with E-state index in [4.69, 9.17) is 10.8 Å². The zero-order valence-electron chi connectivity index (χ0n) is 9.90. The molecule has 19 heavy (non-hydrogen) atoms. The van der Waals surface area contributed by atoms with Crippen LogP contribution in [-0.4, -0.2) is 9.24 Å². The summed E-state index contributed by atoms with van der Waals surface area (Å²) in [6.45, 7) is 0. The Hall–Kier alpha value is -0.506. The van der Waals surface area contributed by atoms with Crippen LogP contribution in [0, 0.1) is 10.8 Å². The van der Waals surface area contributed by atoms with E-state index >= 15 is 0 Å². The van der Waals surface area contributed by atoms with E-state index in [9.17, 15) is 0 Å². The van der Waals surface area contributed by atoms with Gasteiger partial charge < -0.3 is 0 Å². The zero-order chi connectivity index (χ0) is 13.1. The molecule has 2 aromatic carbocycles. The summed E-state index contributed by atoms with van der Waals surface area (Å²) in [5.41, 5.74) is 1.08. The fourth-order valence-corrected chi connectivity index (χ4v) is 2.80. The van der Waals surface area contributed by atoms with Crippen molar-refractivity contribution in [2.75, 3.05) is 0 Å². The maximum atomic E-state index is 7.86. The number of nitrogens with one attached hydrogen (secondary N) is 2. The molecular formula is C14H12Br2N2Ni. The van der Waals surface area contributed by atoms with Gasteiger partial charge in [-0.15, -0.1) is 0 Å². The predicted octanol–water partition coefficient (Wildman–Crippen LogP) is 5.06. The molecule has 2 rings (SSSR count). The second kappa shape index (κ2) is 7.32. The molecule has 0 bridgehead atoms. The smallest absolute Gasteiger partial charge is 0.0818 e. The molecule has 0 aliphatic heterocycles. The molecular weight excluding hydrogens is 415 g/mol. The molecule has 0 spiro atoms. The molecule has 5 heteroatoms. The first kappa shape index (κ1) is 16.5. The van der Waals surface area contributed by atoms with Gasteiger partial charge in [0.25, 0.3) is 0 Å². The third-order valence-corrected chi connectivity index (χ3v) is 3.76. The van der Waals surface area contributed by atoms with Crippen LogP contribution in [0.1, 0.15) is 17.9 Å². The Bertz CT molecular complexity index is 608. The van der Waals surface area contributed by atoms with Crippen LogP contribution in [0.25, 0.3) is 10.8 Å². The minimum absolute atomic E-state index is 0. The summed E-state index contributed by atoms with van der Waals surface area (Å²) in [5, 5.41) is 17.7. The van der Waals surface area contributed by atoms with E-state index in [-0.39, 0.29) is 22.4 Å². The van der Waals surface area contributed by atoms with E-state index < -0.39 is 0 Å². The fourth-order valence-electron chi connectivity index (χ4n) is 2.07. The van der Waals surface area contributed by atoms with Gasteiger partial charge in [-0.3, -0.25) is 10.8 Å². The van der Waals surface area contributed by atoms with Crippen LogP contribution in [0.3, 0.4) is 0 Å². The number of hydrogen-bond acceptors (Lipinski definition) is 2. The van der Waals surface area contributed by atoms with Crippen molar-refractivity contribution in [3.63, 3.8) is 0 Å². The van der Waals surface area contributed by atoms with Crippen molar-refractivity contribution in [2.45, 2.75) is 12.3 Å². The first-order valence-electron chi connectivity index (χ1n) is 5.54. The Labute approximate surface area is 139 Å². The molecule has 0 aromatic heterocycles. The Balaban J connectivity index is 0.00000180. The molecule has 0 radical (unpaired) electrons. The molecule has 0 fully saturated rings. The molecule has 0 saturated carbocycles. The number of fused-ring (bicyclic) bond motifs is 1. The minimum atomic E-state index is -0.108. The largest absolute Gasteiger partial charge is 0.298 e. The van der Waals surface area contributed by atoms with Gasteiger partial charge in [-0.1, -0.05) is 42.5 Å². The summed E-state index contributed by atoms with van der Waals surface area (Å²) < 4.78 is 0.813. The maximum absolute atomic E-state index is 7.86. The second-order valence-electron chi connectivity index (χ2n) is 4.08. The molecule has 2 N–H and O–H groups in total. The maximum Gasteiger partial charge on any atom is 0.0818 e. The van der Waals surface area contributed by atoms with Gasteiger partial charge in [-0.05, 0) is 48.2 Å². The van der Waals surface area contributed by atoms with E-state index in [0.29, 0.717) is 15.7 Å². The second-order valence-corrected chi connectivity index (χ2v) is 5.89. The van der Waals surface area contributed by atoms with Gasteiger partial charge in [0.1, 0.15) is 0 Å². The molecule has 102 valence electrons. The van der Waals surface area contributed by atoms with Crippen molar-refractivity contribution in [1.82, 2.24) is 0 Å². The summed E-state index contributed by atoms with van der Waals surface area (Å²) in [6.07, 6.45) is 0.498. The third kappa shape index (κ3) is 3.98. The van der Waals surface area contributed by atoms with Crippen molar-refractivity contribution in [3.8, 4) is 0 Å². The Kier molecular flexibility index (Phi) is 6.38. The molecule has 1 atom stereocenters. The standard InChI is InChI=1S/C14H12Br2N2.Ni/c15-13(17)8-12(14(16)18)11-7-3-5-9-4-1-2-6-10(9)11;/h1-7,12,17-18H,8H2;. The summed E-state index contributed by atoms with van der Waals surface area (Å²) in [5.74, 6) is -0.108. The fraction of sp³-hybridized carbons (Fsp3) is 0.143. The Morgan fingerprint density at radius 2 is 1.63 bits per heavy atom. The van der Waals surface area contributed by atoms with Crippen LogP contribution in [-0.2, 0) is 16.5 Å². The molecule has 2 aromatic rings. The quantitative estimate of drug-likeness (QED) is 0.507. The SMILES string of the molecule is N=C(Br)CC(C(=N)Br)c1cccc2ccccc12.[Ni]. The van der Waals surface area contributed by atoms with Gasteiger partial charge in [-0.25, -0.2) is 0 Å². The van der Waals surface area contributed by atoms with Gasteiger partial charge >= 0.3 is 0 Å². The van der Waals surface area contributed by atoms with Crippen molar-refractivity contribution in [3.05, 3.63) is 48.0 Å². The van der Waals surface area contributed by atoms with Crippen LogP contribution >= 0.6 is 31.9 Å². The molecule has 0 aliphatic rings. The van der Waals surface area contributed by atoms with E-state index in [2.05, 4.69) is 50.1 Å². The van der Waals surface area contributed by atoms with Gasteiger partial charge in [-0.2, -0.15) is 0 Å². The summed E-state index contributed by atoms with van der Waals surface area (Å²) in [4.78, 5) is 0. The van der Waals surface area contributed by atoms with Crippen LogP contribution in [0.15, 0.2) is 42.5 Å². The topological polar surface area (TPSA) is 47.7 Å². The average Bonchev–Trinajstić information content (AvgIpc) is 2.35. The number of hydrogen-bond donors (Lipinski definition) is 2. The average molecular weight is 427 g/mol.